The number of nitrogens with two attached hydrogens (primary N) is 1. The standard InChI is InChI=1S/C19H21F2N3O2.ClH/c20-14-5-8-16(17(21)12-14)19(26)24-10-1-2-18(25)23-11-9-13-3-6-15(22)7-4-13;/h3-8,12H,1-2,9-11,22H2,(H,23,25)(H,24,26);1H. The third kappa shape index (κ3) is 7.62. The minimum Gasteiger partial charge on any atom is -0.399 e. The smallest absolute Gasteiger partial charge is 0.254 e. The van der Waals surface area contributed by atoms with Crippen molar-refractivity contribution in [1.82, 2.24) is 10.6 Å². The molecule has 0 spiro atoms. The summed E-state index contributed by atoms with van der Waals surface area (Å²) in [5, 5.41) is 5.30. The SMILES string of the molecule is Cl.Nc1ccc(CCNC(=O)CCCNC(=O)c2ccc(F)cc2F)cc1. The molecule has 2 aromatic rings. The summed E-state index contributed by atoms with van der Waals surface area (Å²) in [4.78, 5) is 23.5. The van der Waals surface area contributed by atoms with E-state index in [1.165, 1.54) is 0 Å². The highest BCUT2D eigenvalue weighted by atomic mass is 35.5. The first-order chi connectivity index (χ1) is 12.5. The van der Waals surface area contributed by atoms with E-state index >= 15 is 0 Å². The molecular weight excluding hydrogens is 376 g/mol. The number of rotatable bonds is 8. The predicted molar refractivity (Wildman–Crippen MR) is 103 cm³/mol. The van der Waals surface area contributed by atoms with Crippen LogP contribution in [0.25, 0.3) is 0 Å². The van der Waals surface area contributed by atoms with Gasteiger partial charge in [-0.25, -0.2) is 8.78 Å². The van der Waals surface area contributed by atoms with Crippen molar-refractivity contribution in [3.8, 4) is 0 Å². The Morgan fingerprint density at radius 3 is 2.33 bits per heavy atom. The second-order valence-electron chi connectivity index (χ2n) is 5.83. The predicted octanol–water partition coefficient (Wildman–Crippen LogP) is 2.84. The molecule has 0 heterocycles. The van der Waals surface area contributed by atoms with Gasteiger partial charge in [-0.3, -0.25) is 9.59 Å². The molecule has 0 saturated heterocycles. The summed E-state index contributed by atoms with van der Waals surface area (Å²) >= 11 is 0. The number of amides is 2. The number of halogens is 3. The Kier molecular flexibility index (Phi) is 9.22. The van der Waals surface area contributed by atoms with Crippen molar-refractivity contribution in [1.29, 1.82) is 0 Å². The number of nitrogens with one attached hydrogen (secondary N) is 2. The lowest BCUT2D eigenvalue weighted by molar-refractivity contribution is -0.121. The Morgan fingerprint density at radius 2 is 1.67 bits per heavy atom. The molecule has 0 fully saturated rings. The van der Waals surface area contributed by atoms with Crippen LogP contribution in [0.5, 0.6) is 0 Å². The van der Waals surface area contributed by atoms with Crippen LogP contribution < -0.4 is 16.4 Å². The second-order valence-corrected chi connectivity index (χ2v) is 5.83. The molecule has 2 rings (SSSR count). The third-order valence-corrected chi connectivity index (χ3v) is 3.76. The molecule has 0 bridgehead atoms. The molecule has 0 aromatic heterocycles. The third-order valence-electron chi connectivity index (χ3n) is 3.76. The summed E-state index contributed by atoms with van der Waals surface area (Å²) in [5.41, 5.74) is 7.16. The van der Waals surface area contributed by atoms with E-state index in [1.54, 1.807) is 0 Å². The zero-order valence-electron chi connectivity index (χ0n) is 14.6. The Balaban J connectivity index is 0.00000364. The number of carbonyl (C=O) groups is 2. The van der Waals surface area contributed by atoms with Crippen molar-refractivity contribution in [3.05, 3.63) is 65.2 Å². The van der Waals surface area contributed by atoms with Gasteiger partial charge >= 0.3 is 0 Å². The van der Waals surface area contributed by atoms with Gasteiger partial charge in [0.05, 0.1) is 5.56 Å². The molecule has 0 unspecified atom stereocenters. The van der Waals surface area contributed by atoms with Crippen LogP contribution in [0.4, 0.5) is 14.5 Å². The van der Waals surface area contributed by atoms with Crippen molar-refractivity contribution in [2.45, 2.75) is 19.3 Å². The highest BCUT2D eigenvalue weighted by molar-refractivity contribution is 5.94. The van der Waals surface area contributed by atoms with Crippen LogP contribution in [0.15, 0.2) is 42.5 Å². The highest BCUT2D eigenvalue weighted by Gasteiger charge is 2.12. The van der Waals surface area contributed by atoms with Gasteiger partial charge in [0, 0.05) is 31.3 Å². The van der Waals surface area contributed by atoms with Crippen molar-refractivity contribution in [2.24, 2.45) is 0 Å². The van der Waals surface area contributed by atoms with E-state index < -0.39 is 17.5 Å². The molecule has 2 aromatic carbocycles. The largest absolute Gasteiger partial charge is 0.399 e. The van der Waals surface area contributed by atoms with Gasteiger partial charge < -0.3 is 16.4 Å². The van der Waals surface area contributed by atoms with Crippen molar-refractivity contribution < 1.29 is 18.4 Å². The van der Waals surface area contributed by atoms with Crippen LogP contribution in [0.2, 0.25) is 0 Å². The molecule has 8 heteroatoms. The molecule has 2 amide bonds. The molecule has 0 aliphatic heterocycles. The maximum atomic E-state index is 13.5. The molecule has 0 atom stereocenters. The van der Waals surface area contributed by atoms with Gasteiger partial charge in [0.15, 0.2) is 0 Å². The normalized spacial score (nSPS) is 10.0. The monoisotopic (exact) mass is 397 g/mol. The lowest BCUT2D eigenvalue weighted by Gasteiger charge is -2.07. The maximum Gasteiger partial charge on any atom is 0.254 e. The van der Waals surface area contributed by atoms with Crippen molar-refractivity contribution in [2.75, 3.05) is 18.8 Å². The first kappa shape index (κ1) is 22.4. The van der Waals surface area contributed by atoms with Gasteiger partial charge in [0.1, 0.15) is 11.6 Å². The molecule has 146 valence electrons. The van der Waals surface area contributed by atoms with E-state index in [4.69, 9.17) is 5.73 Å². The average molecular weight is 398 g/mol. The summed E-state index contributed by atoms with van der Waals surface area (Å²) in [5.74, 6) is -2.41. The Bertz CT molecular complexity index is 770. The van der Waals surface area contributed by atoms with Crippen LogP contribution in [-0.4, -0.2) is 24.9 Å². The molecule has 0 radical (unpaired) electrons. The number of anilines is 1. The van der Waals surface area contributed by atoms with Gasteiger partial charge in [0.2, 0.25) is 5.91 Å². The van der Waals surface area contributed by atoms with Gasteiger partial charge in [-0.2, -0.15) is 0 Å². The molecule has 27 heavy (non-hydrogen) atoms. The summed E-state index contributed by atoms with van der Waals surface area (Å²) in [6.07, 6.45) is 1.36. The minimum absolute atomic E-state index is 0. The molecule has 0 aliphatic rings. The fourth-order valence-electron chi connectivity index (χ4n) is 2.34. The van der Waals surface area contributed by atoms with Crippen molar-refractivity contribution >= 4 is 29.9 Å². The van der Waals surface area contributed by atoms with E-state index in [0.29, 0.717) is 31.1 Å². The van der Waals surface area contributed by atoms with E-state index in [-0.39, 0.29) is 36.8 Å². The summed E-state index contributed by atoms with van der Waals surface area (Å²) in [7, 11) is 0. The fourth-order valence-corrected chi connectivity index (χ4v) is 2.34. The zero-order chi connectivity index (χ0) is 18.9. The molecule has 5 nitrogen and oxygen atoms in total. The molecule has 0 aliphatic carbocycles. The lowest BCUT2D eigenvalue weighted by Crippen LogP contribution is -2.29. The molecule has 0 saturated carbocycles. The first-order valence-electron chi connectivity index (χ1n) is 8.30. The average Bonchev–Trinajstić information content (AvgIpc) is 2.60. The summed E-state index contributed by atoms with van der Waals surface area (Å²) < 4.78 is 26.3. The summed E-state index contributed by atoms with van der Waals surface area (Å²) in [6, 6.07) is 10.2. The van der Waals surface area contributed by atoms with E-state index in [9.17, 15) is 18.4 Å². The van der Waals surface area contributed by atoms with Gasteiger partial charge in [0.25, 0.3) is 5.91 Å². The van der Waals surface area contributed by atoms with Crippen molar-refractivity contribution in [3.63, 3.8) is 0 Å². The van der Waals surface area contributed by atoms with Crippen LogP contribution in [0.1, 0.15) is 28.8 Å². The molecule has 4 N–H and O–H groups in total. The number of benzene rings is 2. The number of hydrogen-bond acceptors (Lipinski definition) is 3. The van der Waals surface area contributed by atoms with Crippen LogP contribution in [0.3, 0.4) is 0 Å². The maximum absolute atomic E-state index is 13.5. The van der Waals surface area contributed by atoms with Crippen LogP contribution in [0, 0.1) is 11.6 Å². The van der Waals surface area contributed by atoms with Gasteiger partial charge in [-0.1, -0.05) is 12.1 Å². The summed E-state index contributed by atoms with van der Waals surface area (Å²) in [6.45, 7) is 0.733. The van der Waals surface area contributed by atoms with E-state index in [0.717, 1.165) is 17.7 Å². The quantitative estimate of drug-likeness (QED) is 0.473. The Morgan fingerprint density at radius 1 is 0.963 bits per heavy atom. The Hall–Kier alpha value is -2.67. The van der Waals surface area contributed by atoms with Gasteiger partial charge in [-0.05, 0) is 42.7 Å². The lowest BCUT2D eigenvalue weighted by atomic mass is 10.1. The minimum atomic E-state index is -0.914. The van der Waals surface area contributed by atoms with E-state index in [1.807, 2.05) is 24.3 Å². The number of carbonyl (C=O) groups excluding carboxylic acids is 2. The Labute approximate surface area is 162 Å². The first-order valence-corrected chi connectivity index (χ1v) is 8.30. The molecular formula is C19H22ClF2N3O2. The van der Waals surface area contributed by atoms with Gasteiger partial charge in [-0.15, -0.1) is 12.4 Å². The van der Waals surface area contributed by atoms with Crippen LogP contribution >= 0.6 is 12.4 Å². The highest BCUT2D eigenvalue weighted by Crippen LogP contribution is 2.09. The number of hydrogen-bond donors (Lipinski definition) is 3. The number of nitrogen functional groups attached to an aromatic ring is 1. The second kappa shape index (κ2) is 11.1. The fraction of sp³-hybridized carbons (Fsp3) is 0.263. The van der Waals surface area contributed by atoms with Crippen LogP contribution in [-0.2, 0) is 11.2 Å². The topological polar surface area (TPSA) is 84.2 Å². The van der Waals surface area contributed by atoms with E-state index in [2.05, 4.69) is 10.6 Å². The zero-order valence-corrected chi connectivity index (χ0v) is 15.5.